The number of Topliss-reactive ketones (excluding diaryl/α,β-unsaturated/α-hetero) is 1. The van der Waals surface area contributed by atoms with Gasteiger partial charge in [-0.3, -0.25) is 24.5 Å². The van der Waals surface area contributed by atoms with E-state index in [1.807, 2.05) is 0 Å². The molecule has 2 aromatic rings. The van der Waals surface area contributed by atoms with Gasteiger partial charge >= 0.3 is 5.92 Å². The number of ketones is 1. The zero-order valence-electron chi connectivity index (χ0n) is 23.2. The number of amides is 3. The predicted octanol–water partition coefficient (Wildman–Crippen LogP) is 3.39. The zero-order valence-corrected chi connectivity index (χ0v) is 17.0. The number of halogens is 3. The van der Waals surface area contributed by atoms with E-state index < -0.39 is 78.4 Å². The van der Waals surface area contributed by atoms with Gasteiger partial charge in [-0.15, -0.1) is 0 Å². The minimum Gasteiger partial charge on any atom is -0.322 e. The van der Waals surface area contributed by atoms with Crippen LogP contribution in [0.2, 0.25) is 6.43 Å². The Labute approximate surface area is 197 Å². The monoisotopic (exact) mass is 467 g/mol. The van der Waals surface area contributed by atoms with E-state index in [1.54, 1.807) is 0 Å². The van der Waals surface area contributed by atoms with Crippen LogP contribution in [0, 0.1) is 0 Å². The zero-order chi connectivity index (χ0) is 29.3. The molecule has 9 heteroatoms. The number of fused-ring (bicyclic) bond motifs is 1. The van der Waals surface area contributed by atoms with Crippen LogP contribution in [0.25, 0.3) is 0 Å². The Balaban J connectivity index is 1.60. The Kier molecular flexibility index (Phi) is 3.91. The number of rotatable bonds is 6. The molecule has 4 rings (SSSR count). The highest BCUT2D eigenvalue weighted by Gasteiger charge is 2.41. The van der Waals surface area contributed by atoms with Gasteiger partial charge in [-0.1, -0.05) is 35.9 Å². The summed E-state index contributed by atoms with van der Waals surface area (Å²) in [7, 11) is 0. The lowest BCUT2D eigenvalue weighted by atomic mass is 9.97. The van der Waals surface area contributed by atoms with Gasteiger partial charge in [0.1, 0.15) is 6.02 Å². The van der Waals surface area contributed by atoms with Crippen molar-refractivity contribution in [1.82, 2.24) is 10.2 Å². The Morgan fingerprint density at radius 2 is 2.00 bits per heavy atom. The lowest BCUT2D eigenvalue weighted by molar-refractivity contribution is -0.144. The van der Waals surface area contributed by atoms with Crippen LogP contribution in [-0.4, -0.2) is 34.4 Å². The van der Waals surface area contributed by atoms with Crippen molar-refractivity contribution in [3.63, 3.8) is 0 Å². The summed E-state index contributed by atoms with van der Waals surface area (Å²) in [6.07, 6.45) is -9.49. The van der Waals surface area contributed by atoms with Crippen LogP contribution >= 0.6 is 11.6 Å². The maximum absolute atomic E-state index is 14.7. The largest absolute Gasteiger partial charge is 0.330 e. The highest BCUT2D eigenvalue weighted by Crippen LogP contribution is 2.32. The minimum atomic E-state index is -3.91. The summed E-state index contributed by atoms with van der Waals surface area (Å²) >= 11 is 5.70. The molecule has 0 spiro atoms. The third-order valence-corrected chi connectivity index (χ3v) is 5.23. The number of carbonyl (C=O) groups is 4. The second kappa shape index (κ2) is 8.43. The normalized spacial score (nSPS) is 28.5. The van der Waals surface area contributed by atoms with Gasteiger partial charge in [-0.05, 0) is 42.1 Å². The number of nitrogens with one attached hydrogen (secondary N) is 1. The number of benzene rings is 2. The van der Waals surface area contributed by atoms with Gasteiger partial charge in [-0.2, -0.15) is 8.78 Å². The molecule has 2 aromatic carbocycles. The van der Waals surface area contributed by atoms with Gasteiger partial charge in [0.15, 0.2) is 1.41 Å². The number of hydrogen-bond donors (Lipinski definition) is 1. The van der Waals surface area contributed by atoms with E-state index >= 15 is 0 Å². The second-order valence-electron chi connectivity index (χ2n) is 7.04. The summed E-state index contributed by atoms with van der Waals surface area (Å²) in [5.74, 6) is -10.1. The van der Waals surface area contributed by atoms with Crippen LogP contribution in [0.4, 0.5) is 8.78 Å². The summed E-state index contributed by atoms with van der Waals surface area (Å²) in [6, 6.07) is 4.59. The summed E-state index contributed by atoms with van der Waals surface area (Å²) in [5.41, 5.74) is -0.662. The Morgan fingerprint density at radius 3 is 2.72 bits per heavy atom. The van der Waals surface area contributed by atoms with Gasteiger partial charge in [0.05, 0.1) is 1.37 Å². The molecule has 1 saturated heterocycles. The molecule has 2 aliphatic rings. The molecule has 3 amide bonds. The molecule has 0 aliphatic carbocycles. The maximum atomic E-state index is 14.7. The van der Waals surface area contributed by atoms with Crippen LogP contribution in [0.1, 0.15) is 54.4 Å². The number of alkyl halides is 2. The molecule has 0 radical (unpaired) electrons. The standard InChI is InChI=1S/C23H19ClF2N2O4/c24-16-5-3-15(4-6-16)23(25,26)19(29)9-2-13-1-7-17-14(11-13)12-28(22(17)32)18-8-10-20(30)27-21(18)31/h1,3-7,11,18H,2,8-10,12H2,(H,27,30,31)/i2D,8D2,10D2,18D/hD. The first-order chi connectivity index (χ1) is 17.9. The van der Waals surface area contributed by atoms with Gasteiger partial charge in [0.2, 0.25) is 17.6 Å². The predicted molar refractivity (Wildman–Crippen MR) is 111 cm³/mol. The molecule has 0 aromatic heterocycles. The van der Waals surface area contributed by atoms with Crippen molar-refractivity contribution < 1.29 is 37.6 Å². The molecule has 1 N–H and O–H groups in total. The highest BCUT2D eigenvalue weighted by atomic mass is 35.5. The van der Waals surface area contributed by atoms with Gasteiger partial charge in [-0.25, -0.2) is 0 Å². The molecule has 2 heterocycles. The SMILES string of the molecule is [2H]C(CC(=O)C(F)(F)c1ccc(Cl)cc1)c1ccc2c(c1)CN(C1([2H])C(=O)N([2H])C(=O)C([2H])([2H])C1([2H])[2H])C2=O. The second-order valence-corrected chi connectivity index (χ2v) is 7.48. The van der Waals surface area contributed by atoms with Crippen LogP contribution in [0.15, 0.2) is 42.5 Å². The molecular weight excluding hydrogens is 442 g/mol. The van der Waals surface area contributed by atoms with Crippen molar-refractivity contribution in [3.8, 4) is 0 Å². The van der Waals surface area contributed by atoms with Crippen molar-refractivity contribution in [2.45, 2.75) is 44.0 Å². The van der Waals surface area contributed by atoms with Crippen LogP contribution in [0.3, 0.4) is 0 Å². The van der Waals surface area contributed by atoms with E-state index in [0.717, 1.165) is 18.2 Å². The molecule has 2 aliphatic heterocycles. The summed E-state index contributed by atoms with van der Waals surface area (Å²) in [5, 5.41) is -0.291. The first-order valence-electron chi connectivity index (χ1n) is 12.8. The minimum absolute atomic E-state index is 0.0355. The number of piperidine rings is 1. The van der Waals surface area contributed by atoms with Gasteiger partial charge in [0, 0.05) is 42.3 Å². The van der Waals surface area contributed by atoms with Gasteiger partial charge in [0.25, 0.3) is 5.91 Å². The van der Waals surface area contributed by atoms with Crippen molar-refractivity contribution in [1.29, 1.82) is 0 Å². The molecule has 32 heavy (non-hydrogen) atoms. The van der Waals surface area contributed by atoms with Crippen LogP contribution < -0.4 is 5.31 Å². The average molecular weight is 468 g/mol. The van der Waals surface area contributed by atoms with Crippen molar-refractivity contribution >= 4 is 35.1 Å². The molecule has 0 bridgehead atoms. The number of imide groups is 1. The molecule has 2 unspecified atom stereocenters. The molecule has 1 fully saturated rings. The number of aryl methyl sites for hydroxylation is 1. The average Bonchev–Trinajstić information content (AvgIpc) is 3.22. The van der Waals surface area contributed by atoms with Crippen molar-refractivity contribution in [3.05, 3.63) is 69.7 Å². The summed E-state index contributed by atoms with van der Waals surface area (Å²) < 4.78 is 85.7. The maximum Gasteiger partial charge on any atom is 0.330 e. The summed E-state index contributed by atoms with van der Waals surface area (Å²) in [4.78, 5) is 50.7. The first kappa shape index (κ1) is 14.8. The Bertz CT molecular complexity index is 1410. The van der Waals surface area contributed by atoms with E-state index in [2.05, 4.69) is 0 Å². The van der Waals surface area contributed by atoms with Crippen LogP contribution in [0.5, 0.6) is 0 Å². The lowest BCUT2D eigenvalue weighted by Crippen LogP contribution is -2.52. The third-order valence-electron chi connectivity index (χ3n) is 4.98. The smallest absolute Gasteiger partial charge is 0.322 e. The lowest BCUT2D eigenvalue weighted by Gasteiger charge is -2.29. The van der Waals surface area contributed by atoms with E-state index in [4.69, 9.17) is 21.2 Å². The molecular formula is C23H19ClF2N2O4. The first-order valence-corrected chi connectivity index (χ1v) is 9.69. The topological polar surface area (TPSA) is 83.6 Å². The van der Waals surface area contributed by atoms with Crippen molar-refractivity contribution in [2.75, 3.05) is 0 Å². The molecule has 0 saturated carbocycles. The number of carbonyl (C=O) groups excluding carboxylic acids is 4. The quantitative estimate of drug-likeness (QED) is 0.660. The Hall–Kier alpha value is -3.13. The highest BCUT2D eigenvalue weighted by molar-refractivity contribution is 6.30. The molecule has 6 nitrogen and oxygen atoms in total. The van der Waals surface area contributed by atoms with E-state index in [0.29, 0.717) is 4.90 Å². The fourth-order valence-corrected chi connectivity index (χ4v) is 3.46. The summed E-state index contributed by atoms with van der Waals surface area (Å²) in [6.45, 7) is -0.642. The van der Waals surface area contributed by atoms with Crippen LogP contribution in [-0.2, 0) is 33.2 Å². The Morgan fingerprint density at radius 1 is 1.28 bits per heavy atom. The van der Waals surface area contributed by atoms with E-state index in [9.17, 15) is 28.0 Å². The molecule has 2 atom stereocenters. The molecule has 166 valence electrons. The van der Waals surface area contributed by atoms with Gasteiger partial charge < -0.3 is 4.90 Å². The third kappa shape index (κ3) is 4.14. The fraction of sp³-hybridized carbons (Fsp3) is 0.304. The van der Waals surface area contributed by atoms with Crippen molar-refractivity contribution in [2.24, 2.45) is 0 Å². The number of nitrogens with zero attached hydrogens (tertiary/aromatic N) is 1. The number of hydrogen-bond acceptors (Lipinski definition) is 4. The van der Waals surface area contributed by atoms with E-state index in [-0.39, 0.29) is 21.7 Å². The van der Waals surface area contributed by atoms with E-state index in [1.165, 1.54) is 24.3 Å². The fourth-order valence-electron chi connectivity index (χ4n) is 3.33.